The molecule has 0 aromatic heterocycles. The first-order valence-electron chi connectivity index (χ1n) is 21.9. The lowest BCUT2D eigenvalue weighted by atomic mass is 10.0. The number of aliphatic hydroxyl groups excluding tert-OH is 5. The van der Waals surface area contributed by atoms with Crippen LogP contribution in [-0.2, 0) is 32.7 Å². The van der Waals surface area contributed by atoms with Crippen molar-refractivity contribution >= 4 is 19.8 Å². The number of allylic oxidation sites excluding steroid dienone is 7. The van der Waals surface area contributed by atoms with Crippen LogP contribution in [0.25, 0.3) is 0 Å². The summed E-state index contributed by atoms with van der Waals surface area (Å²) < 4.78 is 32.5. The Morgan fingerprint density at radius 2 is 1.15 bits per heavy atom. The van der Waals surface area contributed by atoms with E-state index < -0.39 is 76.7 Å². The van der Waals surface area contributed by atoms with E-state index in [9.17, 15) is 39.5 Å². The number of phosphoric acid groups is 1. The molecule has 0 aliphatic rings. The minimum absolute atomic E-state index is 0.0621. The van der Waals surface area contributed by atoms with Crippen LogP contribution in [0.2, 0.25) is 0 Å². The predicted octanol–water partition coefficient (Wildman–Crippen LogP) is 8.27. The van der Waals surface area contributed by atoms with Gasteiger partial charge in [-0.15, -0.1) is 0 Å². The largest absolute Gasteiger partial charge is 0.472 e. The Morgan fingerprint density at radius 3 is 1.73 bits per heavy atom. The molecule has 0 aliphatic carbocycles. The van der Waals surface area contributed by atoms with Gasteiger partial charge < -0.3 is 39.9 Å². The van der Waals surface area contributed by atoms with Gasteiger partial charge in [-0.2, -0.15) is 0 Å². The van der Waals surface area contributed by atoms with Crippen molar-refractivity contribution in [1.29, 1.82) is 0 Å². The summed E-state index contributed by atoms with van der Waals surface area (Å²) in [7, 11) is -4.72. The van der Waals surface area contributed by atoms with Gasteiger partial charge in [0.2, 0.25) is 0 Å². The highest BCUT2D eigenvalue weighted by molar-refractivity contribution is 7.47. The smallest absolute Gasteiger partial charge is 0.462 e. The number of phosphoric ester groups is 1. The van der Waals surface area contributed by atoms with Gasteiger partial charge in [0, 0.05) is 12.8 Å². The zero-order valence-electron chi connectivity index (χ0n) is 36.2. The van der Waals surface area contributed by atoms with Crippen molar-refractivity contribution in [3.8, 4) is 0 Å². The third-order valence-corrected chi connectivity index (χ3v) is 10.2. The van der Waals surface area contributed by atoms with Crippen LogP contribution in [-0.4, -0.2) is 99.3 Å². The third-order valence-electron chi connectivity index (χ3n) is 9.21. The Labute approximate surface area is 354 Å². The number of ether oxygens (including phenoxy) is 2. The molecule has 0 spiro atoms. The minimum Gasteiger partial charge on any atom is -0.462 e. The number of rotatable bonds is 39. The lowest BCUT2D eigenvalue weighted by molar-refractivity contribution is -0.161. The van der Waals surface area contributed by atoms with Crippen LogP contribution in [0.1, 0.15) is 149 Å². The molecule has 59 heavy (non-hydrogen) atoms. The summed E-state index contributed by atoms with van der Waals surface area (Å²) >= 11 is 0. The number of esters is 2. The second kappa shape index (κ2) is 38.5. The van der Waals surface area contributed by atoms with Gasteiger partial charge in [0.15, 0.2) is 6.10 Å². The number of unbranched alkanes of at least 4 members (excludes halogenated alkanes) is 12. The summed E-state index contributed by atoms with van der Waals surface area (Å²) in [4.78, 5) is 35.0. The molecule has 6 N–H and O–H groups in total. The van der Waals surface area contributed by atoms with E-state index in [1.165, 1.54) is 70.3 Å². The van der Waals surface area contributed by atoms with Gasteiger partial charge >= 0.3 is 19.8 Å². The van der Waals surface area contributed by atoms with Crippen LogP contribution in [0, 0.1) is 5.92 Å². The fourth-order valence-electron chi connectivity index (χ4n) is 5.70. The second-order valence-electron chi connectivity index (χ2n) is 15.4. The number of aliphatic hydroxyl groups is 5. The molecule has 0 aliphatic heterocycles. The average Bonchev–Trinajstić information content (AvgIpc) is 3.20. The molecular weight excluding hydrogens is 779 g/mol. The number of carbonyl (C=O) groups is 2. The van der Waals surface area contributed by atoms with Crippen LogP contribution < -0.4 is 0 Å². The van der Waals surface area contributed by atoms with Crippen molar-refractivity contribution in [2.24, 2.45) is 5.92 Å². The van der Waals surface area contributed by atoms with E-state index >= 15 is 0 Å². The number of carbonyl (C=O) groups excluding carboxylic acids is 2. The minimum atomic E-state index is -4.72. The van der Waals surface area contributed by atoms with E-state index in [0.717, 1.165) is 31.6 Å². The molecule has 0 radical (unpaired) electrons. The summed E-state index contributed by atoms with van der Waals surface area (Å²) in [5.74, 6) is -0.460. The maximum atomic E-state index is 12.6. The molecule has 13 nitrogen and oxygen atoms in total. The second-order valence-corrected chi connectivity index (χ2v) is 16.8. The van der Waals surface area contributed by atoms with Crippen molar-refractivity contribution in [3.05, 3.63) is 60.8 Å². The van der Waals surface area contributed by atoms with Crippen molar-refractivity contribution in [3.63, 3.8) is 0 Å². The topological polar surface area (TPSA) is 210 Å². The first kappa shape index (κ1) is 56.5. The highest BCUT2D eigenvalue weighted by Gasteiger charge is 2.27. The van der Waals surface area contributed by atoms with Gasteiger partial charge in [0.05, 0.1) is 38.1 Å². The van der Waals surface area contributed by atoms with Crippen molar-refractivity contribution in [1.82, 2.24) is 0 Å². The Bertz CT molecular complexity index is 1230. The van der Waals surface area contributed by atoms with Gasteiger partial charge in [0.25, 0.3) is 0 Å². The Balaban J connectivity index is 4.62. The summed E-state index contributed by atoms with van der Waals surface area (Å²) in [5, 5.41) is 48.8. The van der Waals surface area contributed by atoms with E-state index in [0.29, 0.717) is 12.8 Å². The van der Waals surface area contributed by atoms with E-state index in [1.807, 2.05) is 19.1 Å². The van der Waals surface area contributed by atoms with E-state index in [1.54, 1.807) is 42.5 Å². The van der Waals surface area contributed by atoms with Gasteiger partial charge in [-0.25, -0.2) is 4.57 Å². The lowest BCUT2D eigenvalue weighted by Gasteiger charge is -2.20. The van der Waals surface area contributed by atoms with Crippen molar-refractivity contribution in [2.75, 3.05) is 26.4 Å². The van der Waals surface area contributed by atoms with Gasteiger partial charge in [-0.05, 0) is 38.0 Å². The summed E-state index contributed by atoms with van der Waals surface area (Å²) in [6.07, 6.45) is 29.9. The highest BCUT2D eigenvalue weighted by Crippen LogP contribution is 2.43. The predicted molar refractivity (Wildman–Crippen MR) is 232 cm³/mol. The van der Waals surface area contributed by atoms with Crippen molar-refractivity contribution in [2.45, 2.75) is 180 Å². The van der Waals surface area contributed by atoms with Crippen LogP contribution in [0.3, 0.4) is 0 Å². The van der Waals surface area contributed by atoms with Crippen LogP contribution in [0.4, 0.5) is 0 Å². The van der Waals surface area contributed by atoms with E-state index in [-0.39, 0.29) is 25.7 Å². The van der Waals surface area contributed by atoms with Crippen LogP contribution in [0.5, 0.6) is 0 Å². The fraction of sp³-hybridized carbons (Fsp3) is 0.733. The van der Waals surface area contributed by atoms with Crippen LogP contribution in [0.15, 0.2) is 60.8 Å². The fourth-order valence-corrected chi connectivity index (χ4v) is 6.49. The highest BCUT2D eigenvalue weighted by atomic mass is 31.2. The molecule has 0 aromatic carbocycles. The summed E-state index contributed by atoms with van der Waals surface area (Å²) in [6.45, 7) is 4.10. The first-order chi connectivity index (χ1) is 28.3. The Kier molecular flexibility index (Phi) is 36.9. The molecule has 342 valence electrons. The van der Waals surface area contributed by atoms with Gasteiger partial charge in [-0.3, -0.25) is 18.6 Å². The maximum Gasteiger partial charge on any atom is 0.472 e. The molecule has 0 saturated carbocycles. The monoisotopic (exact) mass is 859 g/mol. The number of hydrogen-bond acceptors (Lipinski definition) is 12. The third kappa shape index (κ3) is 38.2. The average molecular weight is 859 g/mol. The molecule has 6 atom stereocenters. The molecule has 14 heteroatoms. The zero-order valence-corrected chi connectivity index (χ0v) is 37.1. The lowest BCUT2D eigenvalue weighted by Crippen LogP contribution is -2.30. The first-order valence-corrected chi connectivity index (χ1v) is 23.4. The molecule has 0 saturated heterocycles. The number of hydrogen-bond donors (Lipinski definition) is 6. The summed E-state index contributed by atoms with van der Waals surface area (Å²) in [6, 6.07) is 0. The molecule has 0 rings (SSSR count). The molecule has 0 fully saturated rings. The summed E-state index contributed by atoms with van der Waals surface area (Å²) in [5.41, 5.74) is 0. The molecular formula is C45H79O13P. The molecule has 0 amide bonds. The SMILES string of the molecule is CC/C=C\C[C@H](O)/C=C/C=C/C=C\C=C/[C@@H](O)[C@H](O)CCCC(=O)O[C@H](COC(=O)CCCCCCCCCCCCCCCC(C)C)COP(=O)(O)OC[C@@H](O)CO. The zero-order chi connectivity index (χ0) is 44.0. The standard InChI is InChI=1S/C45H79O13P/c1-4-5-21-28-39(47)29-23-18-15-16-19-24-30-42(49)43(50)31-26-33-45(52)58-41(37-57-59(53,54)56-35-40(48)34-46)36-55-44(51)32-25-20-14-12-10-8-6-7-9-11-13-17-22-27-38(2)3/h5,15-16,18-19,21,23-24,29-30,38-43,46-50H,4,6-14,17,20,22,25-28,31-37H2,1-3H3,(H,53,54)/b18-15+,19-16-,21-5-,29-23+,30-24-/t39-,40-,41+,42+,43+/m0/s1. The van der Waals surface area contributed by atoms with Gasteiger partial charge in [-0.1, -0.05) is 165 Å². The maximum absolute atomic E-state index is 12.6. The normalized spacial score (nSPS) is 16.1. The van der Waals surface area contributed by atoms with Crippen molar-refractivity contribution < 1.29 is 63.1 Å². The van der Waals surface area contributed by atoms with Crippen LogP contribution >= 0.6 is 7.82 Å². The molecule has 0 aromatic rings. The van der Waals surface area contributed by atoms with E-state index in [2.05, 4.69) is 18.4 Å². The Morgan fingerprint density at radius 1 is 0.627 bits per heavy atom. The molecule has 1 unspecified atom stereocenters. The van der Waals surface area contributed by atoms with Gasteiger partial charge in [0.1, 0.15) is 12.7 Å². The Hall–Kier alpha value is -2.45. The molecule has 0 heterocycles. The molecule has 0 bridgehead atoms. The van der Waals surface area contributed by atoms with E-state index in [4.69, 9.17) is 19.1 Å². The quantitative estimate of drug-likeness (QED) is 0.0113.